The molecular formula is C37H52Cl6KN3O15S. The van der Waals surface area contributed by atoms with Crippen molar-refractivity contribution in [2.45, 2.75) is 58.7 Å². The first-order chi connectivity index (χ1) is 28.6. The minimum Gasteiger partial charge on any atom is -1.00 e. The number of cyclic esters (lactones) is 2. The second-order valence-electron chi connectivity index (χ2n) is 11.5. The summed E-state index contributed by atoms with van der Waals surface area (Å²) in [5.41, 5.74) is 8.40. The van der Waals surface area contributed by atoms with Crippen molar-refractivity contribution in [3.8, 4) is 0 Å². The number of alkyl carbamates (subject to hydrolysis) is 2. The molecular weight excluding hydrogens is 1010 g/mol. The van der Waals surface area contributed by atoms with Crippen molar-refractivity contribution < 1.29 is 124 Å². The Morgan fingerprint density at radius 3 is 1.56 bits per heavy atom. The Labute approximate surface area is 440 Å². The number of alkyl halides is 6. The number of hydrogen-bond acceptors (Lipinski definition) is 15. The third-order valence-electron chi connectivity index (χ3n) is 6.53. The summed E-state index contributed by atoms with van der Waals surface area (Å²) in [6.45, 7) is 4.76. The van der Waals surface area contributed by atoms with Gasteiger partial charge >= 0.3 is 77.7 Å². The van der Waals surface area contributed by atoms with Crippen molar-refractivity contribution in [2.75, 3.05) is 46.6 Å². The van der Waals surface area contributed by atoms with E-state index in [-0.39, 0.29) is 96.6 Å². The minimum absolute atomic E-state index is 0. The van der Waals surface area contributed by atoms with E-state index < -0.39 is 36.4 Å². The van der Waals surface area contributed by atoms with Gasteiger partial charge in [-0.1, -0.05) is 85.8 Å². The molecule has 2 heterocycles. The predicted molar refractivity (Wildman–Crippen MR) is 236 cm³/mol. The maximum absolute atomic E-state index is 10.7. The molecule has 2 fully saturated rings. The van der Waals surface area contributed by atoms with Gasteiger partial charge in [-0.15, -0.1) is 0 Å². The van der Waals surface area contributed by atoms with Crippen LogP contribution in [0.2, 0.25) is 0 Å². The number of aliphatic hydroxyl groups is 3. The molecule has 0 spiro atoms. The van der Waals surface area contributed by atoms with Crippen LogP contribution in [0.1, 0.15) is 25.5 Å². The molecule has 0 radical (unpaired) electrons. The number of carbonyl (C=O) groups excluding carboxylic acids is 3. The summed E-state index contributed by atoms with van der Waals surface area (Å²) < 4.78 is 53.2. The Balaban J connectivity index is -0.000000348. The summed E-state index contributed by atoms with van der Waals surface area (Å²) >= 11 is 30.2. The molecule has 8 N–H and O–H groups in total. The molecule has 63 heavy (non-hydrogen) atoms. The van der Waals surface area contributed by atoms with Gasteiger partial charge in [0.1, 0.15) is 12.2 Å². The fraction of sp³-hybridized carbons (Fsp3) is 0.432. The van der Waals surface area contributed by atoms with Crippen LogP contribution >= 0.6 is 69.6 Å². The number of amides is 2. The number of halogens is 6. The van der Waals surface area contributed by atoms with E-state index in [1.807, 2.05) is 67.6 Å². The van der Waals surface area contributed by atoms with Gasteiger partial charge in [0, 0.05) is 13.7 Å². The average molecular weight is 1060 g/mol. The van der Waals surface area contributed by atoms with Gasteiger partial charge in [-0.25, -0.2) is 14.4 Å². The number of aryl methyl sites for hydroxylation is 1. The van der Waals surface area contributed by atoms with Crippen LogP contribution in [0.3, 0.4) is 0 Å². The molecule has 3 aromatic carbocycles. The van der Waals surface area contributed by atoms with Gasteiger partial charge in [-0.3, -0.25) is 4.55 Å². The number of nitrogens with one attached hydrogen (secondary N) is 2. The van der Waals surface area contributed by atoms with Crippen molar-refractivity contribution in [3.63, 3.8) is 0 Å². The number of benzene rings is 3. The van der Waals surface area contributed by atoms with Gasteiger partial charge in [0.15, 0.2) is 0 Å². The second-order valence-corrected chi connectivity index (χ2v) is 17.3. The molecule has 2 saturated heterocycles. The zero-order valence-electron chi connectivity index (χ0n) is 34.5. The van der Waals surface area contributed by atoms with Gasteiger partial charge in [-0.2, -0.15) is 8.42 Å². The Morgan fingerprint density at radius 2 is 1.22 bits per heavy atom. The van der Waals surface area contributed by atoms with Crippen molar-refractivity contribution in [3.05, 3.63) is 102 Å². The second kappa shape index (κ2) is 36.6. The van der Waals surface area contributed by atoms with E-state index in [4.69, 9.17) is 109 Å². The van der Waals surface area contributed by atoms with Crippen LogP contribution in [-0.4, -0.2) is 119 Å². The molecule has 0 saturated carbocycles. The van der Waals surface area contributed by atoms with Crippen molar-refractivity contribution in [2.24, 2.45) is 5.73 Å². The van der Waals surface area contributed by atoms with Gasteiger partial charge in [0.05, 0.1) is 57.1 Å². The summed E-state index contributed by atoms with van der Waals surface area (Å²) in [6.07, 6.45) is -3.24. The molecule has 18 nitrogen and oxygen atoms in total. The van der Waals surface area contributed by atoms with Crippen LogP contribution in [0.15, 0.2) is 89.8 Å². The predicted octanol–water partition coefficient (Wildman–Crippen LogP) is 3.32. The molecule has 5 rings (SSSR count). The summed E-state index contributed by atoms with van der Waals surface area (Å²) in [5.74, 6) is 0. The van der Waals surface area contributed by atoms with Crippen molar-refractivity contribution >= 4 is 98.1 Å². The molecule has 354 valence electrons. The van der Waals surface area contributed by atoms with Gasteiger partial charge in [0.2, 0.25) is 0 Å². The van der Waals surface area contributed by atoms with E-state index >= 15 is 0 Å². The first-order valence-electron chi connectivity index (χ1n) is 17.3. The third-order valence-corrected chi connectivity index (χ3v) is 7.86. The zero-order chi connectivity index (χ0) is 46.5. The maximum atomic E-state index is 10.7. The molecule has 2 amide bonds. The van der Waals surface area contributed by atoms with Crippen molar-refractivity contribution in [1.29, 1.82) is 0 Å². The van der Waals surface area contributed by atoms with Crippen LogP contribution in [0.4, 0.5) is 14.4 Å². The molecule has 0 aliphatic carbocycles. The normalized spacial score (nSPS) is 15.3. The fourth-order valence-corrected chi connectivity index (χ4v) is 4.67. The number of rotatable bonds is 11. The molecule has 3 unspecified atom stereocenters. The van der Waals surface area contributed by atoms with E-state index in [1.54, 1.807) is 12.1 Å². The topological polar surface area (TPSA) is 272 Å². The Hall–Kier alpha value is -1.48. The summed E-state index contributed by atoms with van der Waals surface area (Å²) in [6, 6.07) is 25.7. The minimum atomic E-state index is -4.02. The Bertz CT molecular complexity index is 1760. The Kier molecular flexibility index (Phi) is 38.2. The maximum Gasteiger partial charge on any atom is 1.00 e. The first-order valence-corrected chi connectivity index (χ1v) is 21.0. The SMILES string of the molecule is C.CO.Cc1ccc(S(=O)(=O)O)cc1.NCC(O)COCc1ccccc1.O=C(OC(Cl)(Cl)Cl)OC(Cl)(Cl)Cl.O=C1NCC(CO)O1.O=C1NCC(COCc2ccccc2)O1.[H-].[K+]. The Morgan fingerprint density at radius 1 is 0.810 bits per heavy atom. The van der Waals surface area contributed by atoms with Gasteiger partial charge < -0.3 is 61.5 Å². The van der Waals surface area contributed by atoms with Crippen LogP contribution < -0.4 is 67.8 Å². The van der Waals surface area contributed by atoms with Crippen LogP contribution in [0, 0.1) is 6.92 Å². The summed E-state index contributed by atoms with van der Waals surface area (Å²) in [5, 5.41) is 29.4. The van der Waals surface area contributed by atoms with E-state index in [0.717, 1.165) is 23.8 Å². The van der Waals surface area contributed by atoms with Crippen molar-refractivity contribution in [1.82, 2.24) is 10.6 Å². The quantitative estimate of drug-likeness (QED) is 0.0477. The number of hydrogen-bond donors (Lipinski definition) is 7. The molecule has 0 bridgehead atoms. The van der Waals surface area contributed by atoms with Gasteiger partial charge in [-0.05, 0) is 99.8 Å². The number of ether oxygens (including phenoxy) is 6. The van der Waals surface area contributed by atoms with E-state index in [0.29, 0.717) is 39.5 Å². The van der Waals surface area contributed by atoms with Crippen LogP contribution in [-0.2, 0) is 51.8 Å². The summed E-state index contributed by atoms with van der Waals surface area (Å²) in [4.78, 5) is 31.3. The number of nitrogens with two attached hydrogens (primary N) is 1. The standard InChI is InChI=1S/C11H13NO3.C10H15NO2.C7H8O3S.C4H7NO3.C3Cl6O3.CH4O.CH4.K.H/c13-11-12-6-10(15-11)8-14-7-9-4-2-1-3-5-9;11-6-10(12)8-13-7-9-4-2-1-3-5-9;1-6-2-4-7(5-3-6)11(8,9)10;6-2-3-1-5-4(7)8-3;4-2(5,6)11-1(10)12-3(7,8)9;1-2;;;/h1-5,10H,6-8H2,(H,12,13);1-5,10,12H,6-8,11H2;2-5H,1H3,(H,8,9,10);3,6H,1-2H2,(H,5,7);;2H,1H3;1H4;;/q;;;;;;;+1;-1. The molecule has 26 heteroatoms. The average Bonchev–Trinajstić information content (AvgIpc) is 3.82. The molecule has 3 aromatic rings. The van der Waals surface area contributed by atoms with Crippen LogP contribution in [0.5, 0.6) is 0 Å². The number of aliphatic hydroxyl groups excluding tert-OH is 3. The zero-order valence-corrected chi connectivity index (χ0v) is 42.0. The number of carbonyl (C=O) groups is 3. The van der Waals surface area contributed by atoms with Crippen LogP contribution in [0.25, 0.3) is 0 Å². The van der Waals surface area contributed by atoms with E-state index in [2.05, 4.69) is 24.8 Å². The van der Waals surface area contributed by atoms with E-state index in [9.17, 15) is 22.8 Å². The van der Waals surface area contributed by atoms with Gasteiger partial charge in [0.25, 0.3) is 10.1 Å². The third kappa shape index (κ3) is 37.3. The molecule has 0 aromatic heterocycles. The summed E-state index contributed by atoms with van der Waals surface area (Å²) in [7, 11) is -3.02. The smallest absolute Gasteiger partial charge is 1.00 e. The monoisotopic (exact) mass is 1060 g/mol. The molecule has 3 atom stereocenters. The van der Waals surface area contributed by atoms with E-state index in [1.165, 1.54) is 12.1 Å². The fourth-order valence-electron chi connectivity index (χ4n) is 3.82. The largest absolute Gasteiger partial charge is 1.00 e. The first kappa shape index (κ1) is 65.8. The molecule has 2 aliphatic heterocycles. The molecule has 2 aliphatic rings.